The standard InChI is InChI=1S/C10H12BrN3O4/c11-7-1-2-8(9(5-7)14(16)17)13-3-4-18-6-10(12)15/h1-2,5,13H,3-4,6H2,(H2,12,15). The SMILES string of the molecule is NC(=O)COCCNc1ccc(Br)cc1[N+](=O)[O-]. The van der Waals surface area contributed by atoms with Gasteiger partial charge in [0.25, 0.3) is 5.69 Å². The van der Waals surface area contributed by atoms with Gasteiger partial charge in [0.05, 0.1) is 11.5 Å². The van der Waals surface area contributed by atoms with Crippen LogP contribution in [0, 0.1) is 10.1 Å². The molecule has 0 aromatic heterocycles. The lowest BCUT2D eigenvalue weighted by Crippen LogP contribution is -2.20. The average Bonchev–Trinajstić information content (AvgIpc) is 2.29. The number of hydrogen-bond donors (Lipinski definition) is 2. The largest absolute Gasteiger partial charge is 0.377 e. The summed E-state index contributed by atoms with van der Waals surface area (Å²) in [6.45, 7) is 0.413. The van der Waals surface area contributed by atoms with E-state index in [1.165, 1.54) is 6.07 Å². The molecule has 7 nitrogen and oxygen atoms in total. The average molecular weight is 318 g/mol. The number of primary amides is 1. The highest BCUT2D eigenvalue weighted by Gasteiger charge is 2.13. The minimum atomic E-state index is -0.551. The van der Waals surface area contributed by atoms with Gasteiger partial charge in [0.2, 0.25) is 5.91 Å². The van der Waals surface area contributed by atoms with Crippen LogP contribution in [0.3, 0.4) is 0 Å². The maximum absolute atomic E-state index is 10.8. The number of carbonyl (C=O) groups is 1. The van der Waals surface area contributed by atoms with Gasteiger partial charge in [-0.05, 0) is 12.1 Å². The Balaban J connectivity index is 2.51. The molecule has 0 spiro atoms. The molecule has 0 unspecified atom stereocenters. The van der Waals surface area contributed by atoms with Crippen LogP contribution in [-0.2, 0) is 9.53 Å². The molecule has 0 fully saturated rings. The fraction of sp³-hybridized carbons (Fsp3) is 0.300. The Labute approximate surface area is 112 Å². The normalized spacial score (nSPS) is 10.1. The van der Waals surface area contributed by atoms with E-state index in [9.17, 15) is 14.9 Å². The van der Waals surface area contributed by atoms with Gasteiger partial charge in [-0.3, -0.25) is 14.9 Å². The Kier molecular flexibility index (Phi) is 5.53. The smallest absolute Gasteiger partial charge is 0.293 e. The Hall–Kier alpha value is -1.67. The van der Waals surface area contributed by atoms with Gasteiger partial charge in [-0.25, -0.2) is 0 Å². The van der Waals surface area contributed by atoms with Crippen molar-refractivity contribution in [3.8, 4) is 0 Å². The number of nitrogens with two attached hydrogens (primary N) is 1. The number of anilines is 1. The van der Waals surface area contributed by atoms with Crippen LogP contribution in [0.2, 0.25) is 0 Å². The van der Waals surface area contributed by atoms with Crippen molar-refractivity contribution in [2.75, 3.05) is 25.1 Å². The summed E-state index contributed by atoms with van der Waals surface area (Å²) in [5.74, 6) is -0.551. The number of rotatable bonds is 7. The molecule has 18 heavy (non-hydrogen) atoms. The molecule has 0 bridgehead atoms. The predicted molar refractivity (Wildman–Crippen MR) is 69.3 cm³/mol. The van der Waals surface area contributed by atoms with Crippen LogP contribution in [-0.4, -0.2) is 30.6 Å². The highest BCUT2D eigenvalue weighted by molar-refractivity contribution is 9.10. The summed E-state index contributed by atoms with van der Waals surface area (Å²) >= 11 is 3.17. The first-order valence-electron chi connectivity index (χ1n) is 5.04. The van der Waals surface area contributed by atoms with Crippen LogP contribution >= 0.6 is 15.9 Å². The second-order valence-electron chi connectivity index (χ2n) is 3.36. The third-order valence-corrected chi connectivity index (χ3v) is 2.46. The molecule has 98 valence electrons. The summed E-state index contributed by atoms with van der Waals surface area (Å²) < 4.78 is 5.55. The molecule has 1 amide bonds. The van der Waals surface area contributed by atoms with Crippen LogP contribution in [0.1, 0.15) is 0 Å². The first-order chi connectivity index (χ1) is 8.50. The molecular weight excluding hydrogens is 306 g/mol. The van der Waals surface area contributed by atoms with Crippen molar-refractivity contribution in [1.29, 1.82) is 0 Å². The lowest BCUT2D eigenvalue weighted by molar-refractivity contribution is -0.384. The summed E-state index contributed by atoms with van der Waals surface area (Å²) in [6.07, 6.45) is 0. The zero-order chi connectivity index (χ0) is 13.5. The number of halogens is 1. The Bertz CT molecular complexity index is 453. The molecule has 1 aromatic carbocycles. The number of benzene rings is 1. The third-order valence-electron chi connectivity index (χ3n) is 1.96. The minimum Gasteiger partial charge on any atom is -0.377 e. The van der Waals surface area contributed by atoms with E-state index >= 15 is 0 Å². The molecule has 0 atom stereocenters. The molecule has 0 aliphatic rings. The maximum Gasteiger partial charge on any atom is 0.293 e. The summed E-state index contributed by atoms with van der Waals surface area (Å²) in [7, 11) is 0. The molecule has 0 aliphatic heterocycles. The predicted octanol–water partition coefficient (Wildman–Crippen LogP) is 1.27. The van der Waals surface area contributed by atoms with Crippen molar-refractivity contribution in [2.45, 2.75) is 0 Å². The second-order valence-corrected chi connectivity index (χ2v) is 4.28. The lowest BCUT2D eigenvalue weighted by Gasteiger charge is -2.07. The molecule has 0 heterocycles. The third kappa shape index (κ3) is 4.68. The fourth-order valence-electron chi connectivity index (χ4n) is 1.24. The number of nitrogens with one attached hydrogen (secondary N) is 1. The van der Waals surface area contributed by atoms with E-state index in [0.717, 1.165) is 0 Å². The van der Waals surface area contributed by atoms with E-state index in [-0.39, 0.29) is 18.9 Å². The van der Waals surface area contributed by atoms with Gasteiger partial charge < -0.3 is 15.8 Å². The van der Waals surface area contributed by atoms with Crippen LogP contribution in [0.15, 0.2) is 22.7 Å². The maximum atomic E-state index is 10.8. The van der Waals surface area contributed by atoms with E-state index in [2.05, 4.69) is 21.2 Å². The summed E-state index contributed by atoms with van der Waals surface area (Å²) in [5, 5.41) is 13.7. The van der Waals surface area contributed by atoms with Crippen molar-refractivity contribution in [2.24, 2.45) is 5.73 Å². The van der Waals surface area contributed by atoms with E-state index in [1.54, 1.807) is 12.1 Å². The second kappa shape index (κ2) is 6.92. The van der Waals surface area contributed by atoms with Gasteiger partial charge in [0, 0.05) is 17.1 Å². The minimum absolute atomic E-state index is 0.0284. The zero-order valence-corrected chi connectivity index (χ0v) is 11.0. The van der Waals surface area contributed by atoms with Crippen molar-refractivity contribution in [1.82, 2.24) is 0 Å². The van der Waals surface area contributed by atoms with Gasteiger partial charge in [0.1, 0.15) is 12.3 Å². The summed E-state index contributed by atoms with van der Waals surface area (Å²) in [4.78, 5) is 20.7. The monoisotopic (exact) mass is 317 g/mol. The van der Waals surface area contributed by atoms with E-state index < -0.39 is 10.8 Å². The number of hydrogen-bond acceptors (Lipinski definition) is 5. The van der Waals surface area contributed by atoms with Crippen molar-refractivity contribution in [3.63, 3.8) is 0 Å². The van der Waals surface area contributed by atoms with Crippen LogP contribution in [0.4, 0.5) is 11.4 Å². The number of carbonyl (C=O) groups excluding carboxylic acids is 1. The summed E-state index contributed by atoms with van der Waals surface area (Å²) in [5.41, 5.74) is 5.25. The number of nitro groups is 1. The summed E-state index contributed by atoms with van der Waals surface area (Å²) in [6, 6.07) is 4.70. The number of amides is 1. The topological polar surface area (TPSA) is 107 Å². The fourth-order valence-corrected chi connectivity index (χ4v) is 1.58. The first-order valence-corrected chi connectivity index (χ1v) is 5.84. The molecule has 1 rings (SSSR count). The molecule has 0 aliphatic carbocycles. The van der Waals surface area contributed by atoms with Gasteiger partial charge in [0.15, 0.2) is 0 Å². The van der Waals surface area contributed by atoms with Gasteiger partial charge in [-0.2, -0.15) is 0 Å². The number of nitrogens with zero attached hydrogens (tertiary/aromatic N) is 1. The van der Waals surface area contributed by atoms with E-state index in [1.807, 2.05) is 0 Å². The Morgan fingerprint density at radius 2 is 2.28 bits per heavy atom. The van der Waals surface area contributed by atoms with Crippen molar-refractivity contribution < 1.29 is 14.5 Å². The number of nitro benzene ring substituents is 1. The quantitative estimate of drug-likeness (QED) is 0.447. The van der Waals surface area contributed by atoms with E-state index in [4.69, 9.17) is 10.5 Å². The van der Waals surface area contributed by atoms with Crippen LogP contribution in [0.5, 0.6) is 0 Å². The van der Waals surface area contributed by atoms with Gasteiger partial charge in [-0.1, -0.05) is 15.9 Å². The van der Waals surface area contributed by atoms with Crippen LogP contribution in [0.25, 0.3) is 0 Å². The van der Waals surface area contributed by atoms with Crippen molar-refractivity contribution >= 4 is 33.2 Å². The molecule has 8 heteroatoms. The molecule has 0 saturated carbocycles. The van der Waals surface area contributed by atoms with E-state index in [0.29, 0.717) is 16.7 Å². The molecular formula is C10H12BrN3O4. The van der Waals surface area contributed by atoms with Crippen LogP contribution < -0.4 is 11.1 Å². The Morgan fingerprint density at radius 3 is 2.89 bits per heavy atom. The Morgan fingerprint density at radius 1 is 1.56 bits per heavy atom. The highest BCUT2D eigenvalue weighted by atomic mass is 79.9. The lowest BCUT2D eigenvalue weighted by atomic mass is 10.2. The molecule has 1 aromatic rings. The van der Waals surface area contributed by atoms with Gasteiger partial charge >= 0.3 is 0 Å². The number of ether oxygens (including phenoxy) is 1. The first kappa shape index (κ1) is 14.4. The molecule has 3 N–H and O–H groups in total. The van der Waals surface area contributed by atoms with Crippen molar-refractivity contribution in [3.05, 3.63) is 32.8 Å². The molecule has 0 saturated heterocycles. The zero-order valence-electron chi connectivity index (χ0n) is 9.39. The molecule has 0 radical (unpaired) electrons. The van der Waals surface area contributed by atoms with Gasteiger partial charge in [-0.15, -0.1) is 0 Å². The highest BCUT2D eigenvalue weighted by Crippen LogP contribution is 2.27.